The number of sulfonamides is 1. The smallest absolute Gasteiger partial charge is 0.243 e. The number of ether oxygens (including phenoxy) is 2. The second-order valence-electron chi connectivity index (χ2n) is 5.65. The number of piperazine rings is 1. The third-order valence-corrected chi connectivity index (χ3v) is 5.96. The fraction of sp³-hybridized carbons (Fsp3) is 0.562. The van der Waals surface area contributed by atoms with E-state index in [0.717, 1.165) is 0 Å². The lowest BCUT2D eigenvalue weighted by Crippen LogP contribution is -2.51. The molecule has 1 aliphatic heterocycles. The zero-order valence-corrected chi connectivity index (χ0v) is 15.6. The van der Waals surface area contributed by atoms with Crippen molar-refractivity contribution < 1.29 is 22.7 Å². The molecular weight excluding hydrogens is 346 g/mol. The van der Waals surface area contributed by atoms with Crippen LogP contribution in [0.25, 0.3) is 0 Å². The molecule has 0 unspecified atom stereocenters. The van der Waals surface area contributed by atoms with Crippen molar-refractivity contribution in [2.24, 2.45) is 0 Å². The van der Waals surface area contributed by atoms with E-state index in [9.17, 15) is 13.2 Å². The van der Waals surface area contributed by atoms with E-state index in [1.165, 1.54) is 30.7 Å². The number of likely N-dealkylation sites (N-methyl/N-ethyl adjacent to an activating group) is 1. The Labute approximate surface area is 148 Å². The number of nitrogens with zero attached hydrogens (tertiary/aromatic N) is 2. The van der Waals surface area contributed by atoms with E-state index in [2.05, 4.69) is 5.32 Å². The number of hydrogen-bond acceptors (Lipinski definition) is 6. The maximum Gasteiger partial charge on any atom is 0.243 e. The van der Waals surface area contributed by atoms with Crippen molar-refractivity contribution >= 4 is 15.9 Å². The van der Waals surface area contributed by atoms with Gasteiger partial charge in [-0.2, -0.15) is 4.31 Å². The molecule has 0 radical (unpaired) electrons. The molecule has 1 saturated heterocycles. The zero-order valence-electron chi connectivity index (χ0n) is 14.8. The largest absolute Gasteiger partial charge is 0.493 e. The predicted molar refractivity (Wildman–Crippen MR) is 93.4 cm³/mol. The first-order chi connectivity index (χ1) is 11.9. The van der Waals surface area contributed by atoms with Crippen LogP contribution in [0.5, 0.6) is 11.5 Å². The summed E-state index contributed by atoms with van der Waals surface area (Å²) >= 11 is 0. The molecular formula is C16H25N3O5S. The van der Waals surface area contributed by atoms with Gasteiger partial charge in [-0.3, -0.25) is 9.69 Å². The number of amides is 1. The fourth-order valence-corrected chi connectivity index (χ4v) is 4.15. The second kappa shape index (κ2) is 8.50. The maximum absolute atomic E-state index is 12.8. The molecule has 1 aromatic carbocycles. The third kappa shape index (κ3) is 4.62. The molecule has 1 N–H and O–H groups in total. The van der Waals surface area contributed by atoms with Crippen LogP contribution in [0.1, 0.15) is 6.92 Å². The van der Waals surface area contributed by atoms with Crippen molar-refractivity contribution in [3.8, 4) is 11.5 Å². The molecule has 0 saturated carbocycles. The number of benzene rings is 1. The molecule has 0 aliphatic carbocycles. The zero-order chi connectivity index (χ0) is 18.4. The fourth-order valence-electron chi connectivity index (χ4n) is 2.71. The van der Waals surface area contributed by atoms with E-state index in [4.69, 9.17) is 9.47 Å². The lowest BCUT2D eigenvalue weighted by atomic mass is 10.3. The molecule has 25 heavy (non-hydrogen) atoms. The molecule has 1 aliphatic rings. The Morgan fingerprint density at radius 2 is 1.76 bits per heavy atom. The predicted octanol–water partition coefficient (Wildman–Crippen LogP) is 0.146. The van der Waals surface area contributed by atoms with E-state index in [0.29, 0.717) is 44.2 Å². The van der Waals surface area contributed by atoms with Gasteiger partial charge in [0, 0.05) is 38.8 Å². The van der Waals surface area contributed by atoms with Crippen LogP contribution in [0.2, 0.25) is 0 Å². The van der Waals surface area contributed by atoms with Gasteiger partial charge in [0.05, 0.1) is 25.7 Å². The normalized spacial score (nSPS) is 16.4. The number of hydrogen-bond donors (Lipinski definition) is 1. The Kier molecular flexibility index (Phi) is 6.63. The summed E-state index contributed by atoms with van der Waals surface area (Å²) in [4.78, 5) is 13.8. The first kappa shape index (κ1) is 19.5. The van der Waals surface area contributed by atoms with Crippen molar-refractivity contribution in [2.75, 3.05) is 53.5 Å². The van der Waals surface area contributed by atoms with Crippen molar-refractivity contribution in [1.29, 1.82) is 0 Å². The first-order valence-corrected chi connectivity index (χ1v) is 9.57. The van der Waals surface area contributed by atoms with Crippen molar-refractivity contribution in [1.82, 2.24) is 14.5 Å². The summed E-state index contributed by atoms with van der Waals surface area (Å²) in [5.74, 6) is 0.811. The van der Waals surface area contributed by atoms with Gasteiger partial charge in [0.2, 0.25) is 15.9 Å². The molecule has 140 valence electrons. The summed E-state index contributed by atoms with van der Waals surface area (Å²) in [7, 11) is -0.645. The van der Waals surface area contributed by atoms with Gasteiger partial charge in [0.1, 0.15) is 0 Å². The highest BCUT2D eigenvalue weighted by molar-refractivity contribution is 7.89. The quantitative estimate of drug-likeness (QED) is 0.734. The maximum atomic E-state index is 12.8. The van der Waals surface area contributed by atoms with E-state index in [-0.39, 0.29) is 17.3 Å². The van der Waals surface area contributed by atoms with Gasteiger partial charge in [-0.15, -0.1) is 0 Å². The molecule has 0 bridgehead atoms. The van der Waals surface area contributed by atoms with Crippen molar-refractivity contribution in [2.45, 2.75) is 11.8 Å². The highest BCUT2D eigenvalue weighted by Gasteiger charge is 2.29. The Bertz CT molecular complexity index is 700. The average Bonchev–Trinajstić information content (AvgIpc) is 2.61. The van der Waals surface area contributed by atoms with E-state index in [1.807, 2.05) is 11.8 Å². The van der Waals surface area contributed by atoms with E-state index in [1.54, 1.807) is 6.07 Å². The SMILES string of the molecule is CCNC(=O)CN1CCN(S(=O)(=O)c2ccc(OC)c(OC)c2)CC1. The summed E-state index contributed by atoms with van der Waals surface area (Å²) in [6, 6.07) is 4.56. The Hall–Kier alpha value is -1.84. The topological polar surface area (TPSA) is 88.2 Å². The number of rotatable bonds is 7. The molecule has 0 atom stereocenters. The van der Waals surface area contributed by atoms with Crippen molar-refractivity contribution in [3.63, 3.8) is 0 Å². The highest BCUT2D eigenvalue weighted by atomic mass is 32.2. The average molecular weight is 371 g/mol. The van der Waals surface area contributed by atoms with Gasteiger partial charge < -0.3 is 14.8 Å². The Morgan fingerprint density at radius 3 is 2.32 bits per heavy atom. The van der Waals surface area contributed by atoms with Crippen LogP contribution in [0.4, 0.5) is 0 Å². The van der Waals surface area contributed by atoms with Crippen LogP contribution < -0.4 is 14.8 Å². The number of nitrogens with one attached hydrogen (secondary N) is 1. The minimum absolute atomic E-state index is 0.0429. The number of methoxy groups -OCH3 is 2. The van der Waals surface area contributed by atoms with Crippen LogP contribution in [0.15, 0.2) is 23.1 Å². The first-order valence-electron chi connectivity index (χ1n) is 8.13. The monoisotopic (exact) mass is 371 g/mol. The lowest BCUT2D eigenvalue weighted by molar-refractivity contribution is -0.122. The van der Waals surface area contributed by atoms with Gasteiger partial charge >= 0.3 is 0 Å². The molecule has 2 rings (SSSR count). The van der Waals surface area contributed by atoms with Crippen LogP contribution in [0, 0.1) is 0 Å². The van der Waals surface area contributed by atoms with Crippen molar-refractivity contribution in [3.05, 3.63) is 18.2 Å². The minimum Gasteiger partial charge on any atom is -0.493 e. The number of carbonyl (C=O) groups excluding carboxylic acids is 1. The molecule has 1 heterocycles. The van der Waals surface area contributed by atoms with Gasteiger partial charge in [-0.1, -0.05) is 0 Å². The number of carbonyl (C=O) groups is 1. The molecule has 1 aromatic rings. The minimum atomic E-state index is -3.61. The molecule has 9 heteroatoms. The van der Waals surface area contributed by atoms with Crippen LogP contribution in [-0.2, 0) is 14.8 Å². The molecule has 1 fully saturated rings. The summed E-state index contributed by atoms with van der Waals surface area (Å²) in [6.45, 7) is 4.47. The highest BCUT2D eigenvalue weighted by Crippen LogP contribution is 2.30. The third-order valence-electron chi connectivity index (χ3n) is 4.07. The summed E-state index contributed by atoms with van der Waals surface area (Å²) in [5, 5.41) is 2.75. The van der Waals surface area contributed by atoms with Gasteiger partial charge in [-0.05, 0) is 19.1 Å². The summed E-state index contributed by atoms with van der Waals surface area (Å²) < 4.78 is 37.4. The van der Waals surface area contributed by atoms with Gasteiger partial charge in [0.15, 0.2) is 11.5 Å². The van der Waals surface area contributed by atoms with Crippen LogP contribution in [-0.4, -0.2) is 77.0 Å². The molecule has 1 amide bonds. The molecule has 0 aromatic heterocycles. The molecule has 0 spiro atoms. The van der Waals surface area contributed by atoms with Gasteiger partial charge in [0.25, 0.3) is 0 Å². The Morgan fingerprint density at radius 1 is 1.12 bits per heavy atom. The summed E-state index contributed by atoms with van der Waals surface area (Å²) in [6.07, 6.45) is 0. The lowest BCUT2D eigenvalue weighted by Gasteiger charge is -2.33. The van der Waals surface area contributed by atoms with Crippen LogP contribution in [0.3, 0.4) is 0 Å². The standard InChI is InChI=1S/C16H25N3O5S/c1-4-17-16(20)12-18-7-9-19(10-8-18)25(21,22)13-5-6-14(23-2)15(11-13)24-3/h5-6,11H,4,7-10,12H2,1-3H3,(H,17,20). The van der Waals surface area contributed by atoms with E-state index < -0.39 is 10.0 Å². The second-order valence-corrected chi connectivity index (χ2v) is 7.59. The van der Waals surface area contributed by atoms with E-state index >= 15 is 0 Å². The van der Waals surface area contributed by atoms with Gasteiger partial charge in [-0.25, -0.2) is 8.42 Å². The summed E-state index contributed by atoms with van der Waals surface area (Å²) in [5.41, 5.74) is 0. The molecule has 8 nitrogen and oxygen atoms in total. The Balaban J connectivity index is 2.05. The van der Waals surface area contributed by atoms with Crippen LogP contribution >= 0.6 is 0 Å².